The van der Waals surface area contributed by atoms with Crippen LogP contribution in [0.25, 0.3) is 0 Å². The smallest absolute Gasteiger partial charge is 0.0817 e. The molecule has 0 aliphatic heterocycles. The summed E-state index contributed by atoms with van der Waals surface area (Å²) in [6.07, 6.45) is 7.37. The fourth-order valence-corrected chi connectivity index (χ4v) is 3.05. The van der Waals surface area contributed by atoms with Crippen molar-refractivity contribution in [1.82, 2.24) is 9.78 Å². The number of rotatable bonds is 5. The highest BCUT2D eigenvalue weighted by atomic mass is 15.3. The Kier molecular flexibility index (Phi) is 4.25. The molecule has 2 aromatic rings. The van der Waals surface area contributed by atoms with Gasteiger partial charge in [0.15, 0.2) is 0 Å². The van der Waals surface area contributed by atoms with Crippen molar-refractivity contribution in [2.45, 2.75) is 44.8 Å². The average molecular weight is 284 g/mol. The molecule has 1 aliphatic carbocycles. The molecule has 0 amide bonds. The second-order valence-corrected chi connectivity index (χ2v) is 5.95. The van der Waals surface area contributed by atoms with Gasteiger partial charge in [-0.25, -0.2) is 0 Å². The summed E-state index contributed by atoms with van der Waals surface area (Å²) in [6.45, 7) is 1.43. The summed E-state index contributed by atoms with van der Waals surface area (Å²) in [5.41, 5.74) is 9.13. The topological polar surface area (TPSA) is 47.1 Å². The Hall–Kier alpha value is -1.81. The standard InChI is InChI=1S/C17H24N4/c1-20(16-8-6-14(12-18)7-9-16)13-15-10-11-21(19-15)17-4-2-3-5-17/h6-11,17H,2-5,12-13,18H2,1H3. The van der Waals surface area contributed by atoms with Gasteiger partial charge in [0.05, 0.1) is 18.3 Å². The minimum Gasteiger partial charge on any atom is -0.369 e. The molecular weight excluding hydrogens is 260 g/mol. The molecule has 0 atom stereocenters. The summed E-state index contributed by atoms with van der Waals surface area (Å²) in [4.78, 5) is 2.22. The first-order valence-electron chi connectivity index (χ1n) is 7.80. The van der Waals surface area contributed by atoms with Crippen LogP contribution in [0.15, 0.2) is 36.5 Å². The molecule has 2 N–H and O–H groups in total. The molecular formula is C17H24N4. The number of hydrogen-bond donors (Lipinski definition) is 1. The lowest BCUT2D eigenvalue weighted by molar-refractivity contribution is 0.463. The van der Waals surface area contributed by atoms with Crippen molar-refractivity contribution in [3.05, 3.63) is 47.8 Å². The van der Waals surface area contributed by atoms with E-state index in [-0.39, 0.29) is 0 Å². The number of hydrogen-bond acceptors (Lipinski definition) is 3. The third-order valence-electron chi connectivity index (χ3n) is 4.37. The monoisotopic (exact) mass is 284 g/mol. The fraction of sp³-hybridized carbons (Fsp3) is 0.471. The van der Waals surface area contributed by atoms with Crippen molar-refractivity contribution in [3.63, 3.8) is 0 Å². The Balaban J connectivity index is 1.64. The molecule has 0 spiro atoms. The van der Waals surface area contributed by atoms with Crippen LogP contribution in [0.3, 0.4) is 0 Å². The maximum Gasteiger partial charge on any atom is 0.0817 e. The highest BCUT2D eigenvalue weighted by molar-refractivity contribution is 5.47. The molecule has 3 rings (SSSR count). The quantitative estimate of drug-likeness (QED) is 0.917. The molecule has 0 radical (unpaired) electrons. The summed E-state index contributed by atoms with van der Waals surface area (Å²) < 4.78 is 2.16. The minimum absolute atomic E-state index is 0.593. The third kappa shape index (κ3) is 3.27. The van der Waals surface area contributed by atoms with E-state index in [0.29, 0.717) is 12.6 Å². The Morgan fingerprint density at radius 2 is 1.90 bits per heavy atom. The number of anilines is 1. The molecule has 1 aromatic carbocycles. The van der Waals surface area contributed by atoms with Crippen LogP contribution in [0.2, 0.25) is 0 Å². The van der Waals surface area contributed by atoms with Crippen molar-refractivity contribution < 1.29 is 0 Å². The highest BCUT2D eigenvalue weighted by Gasteiger charge is 2.17. The summed E-state index contributed by atoms with van der Waals surface area (Å²) in [5.74, 6) is 0. The predicted octanol–water partition coefficient (Wildman–Crippen LogP) is 3.09. The molecule has 1 aliphatic rings. The van der Waals surface area contributed by atoms with E-state index in [4.69, 9.17) is 10.8 Å². The summed E-state index contributed by atoms with van der Waals surface area (Å²) in [6, 6.07) is 11.2. The molecule has 0 unspecified atom stereocenters. The molecule has 21 heavy (non-hydrogen) atoms. The Morgan fingerprint density at radius 1 is 1.19 bits per heavy atom. The van der Waals surface area contributed by atoms with Gasteiger partial charge in [-0.2, -0.15) is 5.10 Å². The molecule has 0 bridgehead atoms. The Bertz CT molecular complexity index is 567. The van der Waals surface area contributed by atoms with E-state index in [0.717, 1.165) is 17.8 Å². The Labute approximate surface area is 126 Å². The summed E-state index contributed by atoms with van der Waals surface area (Å²) >= 11 is 0. The van der Waals surface area contributed by atoms with Crippen molar-refractivity contribution in [2.24, 2.45) is 5.73 Å². The van der Waals surface area contributed by atoms with Gasteiger partial charge in [-0.05, 0) is 36.6 Å². The van der Waals surface area contributed by atoms with Crippen LogP contribution in [-0.4, -0.2) is 16.8 Å². The van der Waals surface area contributed by atoms with Gasteiger partial charge in [-0.3, -0.25) is 4.68 Å². The zero-order valence-corrected chi connectivity index (χ0v) is 12.7. The maximum atomic E-state index is 5.64. The maximum absolute atomic E-state index is 5.64. The van der Waals surface area contributed by atoms with Crippen LogP contribution in [0.5, 0.6) is 0 Å². The van der Waals surface area contributed by atoms with Gasteiger partial charge in [-0.15, -0.1) is 0 Å². The van der Waals surface area contributed by atoms with E-state index in [1.54, 1.807) is 0 Å². The van der Waals surface area contributed by atoms with Crippen molar-refractivity contribution in [3.8, 4) is 0 Å². The van der Waals surface area contributed by atoms with E-state index >= 15 is 0 Å². The second kappa shape index (κ2) is 6.31. The van der Waals surface area contributed by atoms with E-state index in [2.05, 4.69) is 53.2 Å². The first-order valence-corrected chi connectivity index (χ1v) is 7.80. The van der Waals surface area contributed by atoms with Crippen LogP contribution in [0, 0.1) is 0 Å². The Morgan fingerprint density at radius 3 is 2.57 bits per heavy atom. The number of nitrogens with zero attached hydrogens (tertiary/aromatic N) is 3. The fourth-order valence-electron chi connectivity index (χ4n) is 3.05. The van der Waals surface area contributed by atoms with Crippen LogP contribution in [-0.2, 0) is 13.1 Å². The van der Waals surface area contributed by atoms with Gasteiger partial charge in [0.25, 0.3) is 0 Å². The van der Waals surface area contributed by atoms with E-state index in [1.807, 2.05) is 0 Å². The predicted molar refractivity (Wildman–Crippen MR) is 86.2 cm³/mol. The van der Waals surface area contributed by atoms with E-state index in [1.165, 1.54) is 31.4 Å². The zero-order chi connectivity index (χ0) is 14.7. The van der Waals surface area contributed by atoms with Crippen LogP contribution in [0.4, 0.5) is 5.69 Å². The van der Waals surface area contributed by atoms with Crippen LogP contribution in [0.1, 0.15) is 43.0 Å². The van der Waals surface area contributed by atoms with Crippen molar-refractivity contribution in [1.29, 1.82) is 0 Å². The largest absolute Gasteiger partial charge is 0.369 e. The van der Waals surface area contributed by atoms with Gasteiger partial charge >= 0.3 is 0 Å². The summed E-state index contributed by atoms with van der Waals surface area (Å²) in [5, 5.41) is 4.75. The molecule has 1 heterocycles. The SMILES string of the molecule is CN(Cc1ccn(C2CCCC2)n1)c1ccc(CN)cc1. The first-order chi connectivity index (χ1) is 10.3. The lowest BCUT2D eigenvalue weighted by atomic mass is 10.2. The van der Waals surface area contributed by atoms with E-state index in [9.17, 15) is 0 Å². The molecule has 112 valence electrons. The number of benzene rings is 1. The molecule has 4 heteroatoms. The number of nitrogens with two attached hydrogens (primary N) is 1. The van der Waals surface area contributed by atoms with Gasteiger partial charge in [0.2, 0.25) is 0 Å². The molecule has 1 saturated carbocycles. The van der Waals surface area contributed by atoms with Crippen molar-refractivity contribution >= 4 is 5.69 Å². The van der Waals surface area contributed by atoms with Gasteiger partial charge in [0.1, 0.15) is 0 Å². The minimum atomic E-state index is 0.593. The van der Waals surface area contributed by atoms with Crippen LogP contribution < -0.4 is 10.6 Å². The van der Waals surface area contributed by atoms with E-state index < -0.39 is 0 Å². The van der Waals surface area contributed by atoms with Gasteiger partial charge in [-0.1, -0.05) is 25.0 Å². The lowest BCUT2D eigenvalue weighted by Crippen LogP contribution is -2.17. The molecule has 1 aromatic heterocycles. The normalized spacial score (nSPS) is 15.5. The molecule has 1 fully saturated rings. The molecule has 4 nitrogen and oxygen atoms in total. The first kappa shape index (κ1) is 14.1. The molecule has 0 saturated heterocycles. The number of aromatic nitrogens is 2. The highest BCUT2D eigenvalue weighted by Crippen LogP contribution is 2.28. The second-order valence-electron chi connectivity index (χ2n) is 5.95. The zero-order valence-electron chi connectivity index (χ0n) is 12.7. The van der Waals surface area contributed by atoms with Crippen LogP contribution >= 0.6 is 0 Å². The van der Waals surface area contributed by atoms with Gasteiger partial charge in [0, 0.05) is 25.5 Å². The third-order valence-corrected chi connectivity index (χ3v) is 4.37. The summed E-state index contributed by atoms with van der Waals surface area (Å²) in [7, 11) is 2.10. The van der Waals surface area contributed by atoms with Gasteiger partial charge < -0.3 is 10.6 Å². The lowest BCUT2D eigenvalue weighted by Gasteiger charge is -2.18. The van der Waals surface area contributed by atoms with Crippen molar-refractivity contribution in [2.75, 3.05) is 11.9 Å². The average Bonchev–Trinajstić information content (AvgIpc) is 3.18.